The number of hydrogen-bond donors (Lipinski definition) is 2. The Bertz CT molecular complexity index is 538. The second-order valence-corrected chi connectivity index (χ2v) is 9.82. The van der Waals surface area contributed by atoms with E-state index in [1.165, 1.54) is 63.4 Å². The Morgan fingerprint density at radius 1 is 1.03 bits per heavy atom. The van der Waals surface area contributed by atoms with Crippen molar-refractivity contribution in [2.75, 3.05) is 13.2 Å². The molecule has 1 atom stereocenters. The molecule has 3 heteroatoms. The van der Waals surface area contributed by atoms with Gasteiger partial charge in [-0.1, -0.05) is 83.8 Å². The average Bonchev–Trinajstić information content (AvgIpc) is 2.69. The maximum atomic E-state index is 9.75. The Morgan fingerprint density at radius 2 is 1.69 bits per heavy atom. The van der Waals surface area contributed by atoms with Crippen LogP contribution in [0.1, 0.15) is 96.5 Å². The van der Waals surface area contributed by atoms with Crippen LogP contribution >= 0.6 is 0 Å². The Labute approximate surface area is 179 Å². The fourth-order valence-electron chi connectivity index (χ4n) is 4.21. The first kappa shape index (κ1) is 24.2. The molecule has 0 heterocycles. The molecular weight excluding hydrogens is 358 g/mol. The van der Waals surface area contributed by atoms with Crippen LogP contribution in [0.2, 0.25) is 0 Å². The van der Waals surface area contributed by atoms with Gasteiger partial charge in [-0.2, -0.15) is 0 Å². The molecule has 0 bridgehead atoms. The summed E-state index contributed by atoms with van der Waals surface area (Å²) in [6, 6.07) is 8.44. The third-order valence-electron chi connectivity index (χ3n) is 6.51. The molecule has 1 aliphatic carbocycles. The summed E-state index contributed by atoms with van der Waals surface area (Å²) in [6.07, 6.45) is 15.8. The van der Waals surface area contributed by atoms with E-state index in [1.54, 1.807) is 0 Å². The number of benzene rings is 1. The monoisotopic (exact) mass is 403 g/mol. The largest absolute Gasteiger partial charge is 0.494 e. The van der Waals surface area contributed by atoms with Crippen LogP contribution in [0.25, 0.3) is 0 Å². The van der Waals surface area contributed by atoms with Gasteiger partial charge in [-0.15, -0.1) is 0 Å². The van der Waals surface area contributed by atoms with Crippen molar-refractivity contribution in [3.05, 3.63) is 29.8 Å². The molecule has 1 aliphatic rings. The molecule has 1 unspecified atom stereocenters. The Morgan fingerprint density at radius 3 is 2.28 bits per heavy atom. The van der Waals surface area contributed by atoms with E-state index in [4.69, 9.17) is 10.5 Å². The molecule has 1 fully saturated rings. The summed E-state index contributed by atoms with van der Waals surface area (Å²) in [5.41, 5.74) is 7.31. The van der Waals surface area contributed by atoms with Crippen LogP contribution in [0.3, 0.4) is 0 Å². The van der Waals surface area contributed by atoms with E-state index in [-0.39, 0.29) is 6.61 Å². The fourth-order valence-corrected chi connectivity index (χ4v) is 4.21. The molecule has 0 spiro atoms. The van der Waals surface area contributed by atoms with Crippen LogP contribution in [-0.4, -0.2) is 23.9 Å². The molecule has 0 radical (unpaired) electrons. The lowest BCUT2D eigenvalue weighted by Gasteiger charge is -2.35. The second-order valence-electron chi connectivity index (χ2n) is 9.82. The number of aliphatic hydroxyl groups is 1. The van der Waals surface area contributed by atoms with Crippen LogP contribution in [0.5, 0.6) is 5.75 Å². The topological polar surface area (TPSA) is 55.5 Å². The van der Waals surface area contributed by atoms with Crippen LogP contribution in [-0.2, 0) is 6.42 Å². The van der Waals surface area contributed by atoms with Gasteiger partial charge in [-0.25, -0.2) is 0 Å². The zero-order chi connectivity index (χ0) is 21.0. The minimum atomic E-state index is -0.422. The van der Waals surface area contributed by atoms with Crippen LogP contribution in [0.4, 0.5) is 0 Å². The van der Waals surface area contributed by atoms with E-state index in [0.717, 1.165) is 49.9 Å². The predicted octanol–water partition coefficient (Wildman–Crippen LogP) is 6.26. The molecular formula is C26H45NO2. The van der Waals surface area contributed by atoms with Crippen molar-refractivity contribution in [3.8, 4) is 5.75 Å². The van der Waals surface area contributed by atoms with Crippen molar-refractivity contribution in [2.24, 2.45) is 17.6 Å². The van der Waals surface area contributed by atoms with E-state index >= 15 is 0 Å². The van der Waals surface area contributed by atoms with Crippen molar-refractivity contribution >= 4 is 0 Å². The van der Waals surface area contributed by atoms with Gasteiger partial charge < -0.3 is 15.6 Å². The molecule has 1 aromatic carbocycles. The van der Waals surface area contributed by atoms with Gasteiger partial charge in [0.25, 0.3) is 0 Å². The van der Waals surface area contributed by atoms with Gasteiger partial charge in [-0.3, -0.25) is 0 Å². The standard InChI is InChI=1S/C26H45NO2/c1-22(2)10-7-5-3-4-6-8-19-29-25-15-13-23(14-16-25)17-18-26(27,21-28)20-24-11-9-12-24/h13-16,22,24,28H,3-12,17-21,27H2,1-2H3. The first-order valence-electron chi connectivity index (χ1n) is 12.1. The molecule has 1 saturated carbocycles. The van der Waals surface area contributed by atoms with Crippen molar-refractivity contribution in [2.45, 2.75) is 103 Å². The smallest absolute Gasteiger partial charge is 0.119 e. The van der Waals surface area contributed by atoms with Gasteiger partial charge in [0.2, 0.25) is 0 Å². The maximum Gasteiger partial charge on any atom is 0.119 e. The number of hydrogen-bond acceptors (Lipinski definition) is 3. The molecule has 3 nitrogen and oxygen atoms in total. The Balaban J connectivity index is 1.56. The number of ether oxygens (including phenoxy) is 1. The van der Waals surface area contributed by atoms with Gasteiger partial charge in [0, 0.05) is 5.54 Å². The summed E-state index contributed by atoms with van der Waals surface area (Å²) in [6.45, 7) is 5.51. The molecule has 2 rings (SSSR count). The molecule has 0 amide bonds. The molecule has 3 N–H and O–H groups in total. The fraction of sp³-hybridized carbons (Fsp3) is 0.769. The lowest BCUT2D eigenvalue weighted by molar-refractivity contribution is 0.135. The van der Waals surface area contributed by atoms with Crippen molar-refractivity contribution < 1.29 is 9.84 Å². The quantitative estimate of drug-likeness (QED) is 0.320. The minimum Gasteiger partial charge on any atom is -0.494 e. The number of rotatable bonds is 16. The van der Waals surface area contributed by atoms with Gasteiger partial charge in [-0.05, 0) is 55.2 Å². The van der Waals surface area contributed by atoms with Gasteiger partial charge in [0.1, 0.15) is 5.75 Å². The van der Waals surface area contributed by atoms with E-state index < -0.39 is 5.54 Å². The average molecular weight is 404 g/mol. The van der Waals surface area contributed by atoms with Gasteiger partial charge >= 0.3 is 0 Å². The number of unbranched alkanes of at least 4 members (excludes halogenated alkanes) is 5. The molecule has 0 aliphatic heterocycles. The van der Waals surface area contributed by atoms with E-state index in [0.29, 0.717) is 0 Å². The Kier molecular flexibility index (Phi) is 11.1. The molecule has 29 heavy (non-hydrogen) atoms. The first-order chi connectivity index (χ1) is 14.0. The molecule has 0 aromatic heterocycles. The summed E-state index contributed by atoms with van der Waals surface area (Å²) < 4.78 is 5.90. The lowest BCUT2D eigenvalue weighted by Crippen LogP contribution is -2.46. The lowest BCUT2D eigenvalue weighted by atomic mass is 9.75. The highest BCUT2D eigenvalue weighted by Gasteiger charge is 2.30. The Hall–Kier alpha value is -1.06. The van der Waals surface area contributed by atoms with Gasteiger partial charge in [0.05, 0.1) is 13.2 Å². The van der Waals surface area contributed by atoms with E-state index in [2.05, 4.69) is 38.1 Å². The maximum absolute atomic E-state index is 9.75. The summed E-state index contributed by atoms with van der Waals surface area (Å²) in [5, 5.41) is 9.75. The highest BCUT2D eigenvalue weighted by molar-refractivity contribution is 5.27. The van der Waals surface area contributed by atoms with Crippen LogP contribution in [0, 0.1) is 11.8 Å². The highest BCUT2D eigenvalue weighted by Crippen LogP contribution is 2.34. The SMILES string of the molecule is CC(C)CCCCCCCCOc1ccc(CCC(N)(CO)CC2CCC2)cc1. The normalized spacial score (nSPS) is 16.6. The first-order valence-corrected chi connectivity index (χ1v) is 12.1. The third kappa shape index (κ3) is 10.00. The number of aryl methyl sites for hydroxylation is 1. The van der Waals surface area contributed by atoms with Crippen molar-refractivity contribution in [3.63, 3.8) is 0 Å². The van der Waals surface area contributed by atoms with E-state index in [9.17, 15) is 5.11 Å². The summed E-state index contributed by atoms with van der Waals surface area (Å²) in [4.78, 5) is 0. The summed E-state index contributed by atoms with van der Waals surface area (Å²) in [5.74, 6) is 2.53. The van der Waals surface area contributed by atoms with E-state index in [1.807, 2.05) is 0 Å². The third-order valence-corrected chi connectivity index (χ3v) is 6.51. The minimum absolute atomic E-state index is 0.0857. The zero-order valence-corrected chi connectivity index (χ0v) is 19.0. The molecule has 1 aromatic rings. The molecule has 0 saturated heterocycles. The van der Waals surface area contributed by atoms with Crippen molar-refractivity contribution in [1.82, 2.24) is 0 Å². The predicted molar refractivity (Wildman–Crippen MR) is 123 cm³/mol. The van der Waals surface area contributed by atoms with Crippen LogP contribution in [0.15, 0.2) is 24.3 Å². The van der Waals surface area contributed by atoms with Crippen molar-refractivity contribution in [1.29, 1.82) is 0 Å². The summed E-state index contributed by atoms with van der Waals surface area (Å²) in [7, 11) is 0. The number of aliphatic hydroxyl groups excluding tert-OH is 1. The second kappa shape index (κ2) is 13.3. The highest BCUT2D eigenvalue weighted by atomic mass is 16.5. The molecule has 166 valence electrons. The zero-order valence-electron chi connectivity index (χ0n) is 19.0. The van der Waals surface area contributed by atoms with Gasteiger partial charge in [0.15, 0.2) is 0 Å². The summed E-state index contributed by atoms with van der Waals surface area (Å²) >= 11 is 0. The number of nitrogens with two attached hydrogens (primary N) is 1. The van der Waals surface area contributed by atoms with Crippen LogP contribution < -0.4 is 10.5 Å².